The van der Waals surface area contributed by atoms with Gasteiger partial charge >= 0.3 is 0 Å². The Morgan fingerprint density at radius 2 is 2.04 bits per heavy atom. The van der Waals surface area contributed by atoms with Crippen LogP contribution in [0.5, 0.6) is 5.75 Å². The zero-order valence-corrected chi connectivity index (χ0v) is 13.1. The monoisotopic (exact) mass is 338 g/mol. The Balaban J connectivity index is 1.55. The van der Waals surface area contributed by atoms with E-state index in [0.717, 1.165) is 11.3 Å². The highest BCUT2D eigenvalue weighted by atomic mass is 19.1. The summed E-state index contributed by atoms with van der Waals surface area (Å²) in [5.41, 5.74) is 2.29. The van der Waals surface area contributed by atoms with Gasteiger partial charge in [-0.2, -0.15) is 0 Å². The first-order chi connectivity index (χ1) is 12.2. The summed E-state index contributed by atoms with van der Waals surface area (Å²) in [7, 11) is 0. The third kappa shape index (κ3) is 3.30. The first-order valence-corrected chi connectivity index (χ1v) is 7.77. The maximum atomic E-state index is 13.0. The van der Waals surface area contributed by atoms with Crippen molar-refractivity contribution in [1.82, 2.24) is 5.32 Å². The number of amides is 1. The summed E-state index contributed by atoms with van der Waals surface area (Å²) < 4.78 is 18.4. The maximum absolute atomic E-state index is 13.0. The van der Waals surface area contributed by atoms with E-state index in [1.165, 1.54) is 12.1 Å². The number of aliphatic imine (C=N–C) groups is 1. The molecule has 6 nitrogen and oxygen atoms in total. The summed E-state index contributed by atoms with van der Waals surface area (Å²) in [6, 6.07) is 11.4. The fraction of sp³-hybridized carbons (Fsp3) is 0.111. The minimum atomic E-state index is -0.291. The second-order valence-electron chi connectivity index (χ2n) is 5.65. The van der Waals surface area contributed by atoms with Crippen molar-refractivity contribution >= 4 is 23.2 Å². The largest absolute Gasteiger partial charge is 0.482 e. The Hall–Kier alpha value is -3.35. The molecule has 0 radical (unpaired) electrons. The molecule has 1 amide bonds. The third-order valence-corrected chi connectivity index (χ3v) is 3.85. The van der Waals surface area contributed by atoms with Crippen LogP contribution in [0.1, 0.15) is 11.6 Å². The Morgan fingerprint density at radius 1 is 1.20 bits per heavy atom. The molecular weight excluding hydrogens is 323 g/mol. The summed E-state index contributed by atoms with van der Waals surface area (Å²) in [5.74, 6) is 0.736. The molecule has 7 heteroatoms. The summed E-state index contributed by atoms with van der Waals surface area (Å²) in [4.78, 5) is 16.1. The number of hydrogen-bond acceptors (Lipinski definition) is 5. The number of guanidine groups is 1. The second-order valence-corrected chi connectivity index (χ2v) is 5.65. The number of nitrogens with zero attached hydrogens (tertiary/aromatic N) is 1. The van der Waals surface area contributed by atoms with Crippen molar-refractivity contribution in [3.8, 4) is 5.75 Å². The van der Waals surface area contributed by atoms with Crippen molar-refractivity contribution in [2.75, 3.05) is 17.2 Å². The first-order valence-electron chi connectivity index (χ1n) is 7.77. The van der Waals surface area contributed by atoms with Crippen molar-refractivity contribution in [3.63, 3.8) is 0 Å². The van der Waals surface area contributed by atoms with Crippen LogP contribution >= 0.6 is 0 Å². The lowest BCUT2D eigenvalue weighted by Crippen LogP contribution is -2.29. The number of halogens is 1. The van der Waals surface area contributed by atoms with Crippen LogP contribution in [0.15, 0.2) is 59.7 Å². The van der Waals surface area contributed by atoms with Crippen LogP contribution in [0.3, 0.4) is 0 Å². The summed E-state index contributed by atoms with van der Waals surface area (Å²) in [6.07, 6.45) is 3.70. The number of rotatable bonds is 2. The van der Waals surface area contributed by atoms with Crippen molar-refractivity contribution in [2.24, 2.45) is 4.99 Å². The first kappa shape index (κ1) is 15.2. The van der Waals surface area contributed by atoms with E-state index >= 15 is 0 Å². The van der Waals surface area contributed by atoms with Crippen LogP contribution in [0.2, 0.25) is 0 Å². The minimum absolute atomic E-state index is 0.0312. The SMILES string of the molecule is O=C1COc2ccc(C3C=CNC(Nc4ccc(F)cc4)=N3)cc2N1. The lowest BCUT2D eigenvalue weighted by Gasteiger charge is -2.21. The molecule has 126 valence electrons. The molecule has 0 fully saturated rings. The Labute approximate surface area is 143 Å². The number of carbonyl (C=O) groups excluding carboxylic acids is 1. The normalized spacial score (nSPS) is 18.4. The molecule has 3 N–H and O–H groups in total. The van der Waals surface area contributed by atoms with Gasteiger partial charge in [0.1, 0.15) is 11.6 Å². The van der Waals surface area contributed by atoms with E-state index in [4.69, 9.17) is 4.74 Å². The topological polar surface area (TPSA) is 74.8 Å². The maximum Gasteiger partial charge on any atom is 0.262 e. The standard InChI is InChI=1S/C18H15FN4O2/c19-12-2-4-13(5-3-12)21-18-20-8-7-14(23-18)11-1-6-16-15(9-11)22-17(24)10-25-16/h1-9,14H,10H2,(H,22,24)(H2,20,21,23). The lowest BCUT2D eigenvalue weighted by atomic mass is 10.0. The summed E-state index contributed by atoms with van der Waals surface area (Å²) >= 11 is 0. The second kappa shape index (κ2) is 6.27. The van der Waals surface area contributed by atoms with E-state index in [2.05, 4.69) is 20.9 Å². The van der Waals surface area contributed by atoms with E-state index in [1.807, 2.05) is 24.3 Å². The Morgan fingerprint density at radius 3 is 2.88 bits per heavy atom. The molecular formula is C18H15FN4O2. The predicted molar refractivity (Wildman–Crippen MR) is 93.0 cm³/mol. The van der Waals surface area contributed by atoms with Gasteiger partial charge in [0.15, 0.2) is 6.61 Å². The van der Waals surface area contributed by atoms with Crippen molar-refractivity contribution < 1.29 is 13.9 Å². The number of hydrogen-bond donors (Lipinski definition) is 3. The van der Waals surface area contributed by atoms with E-state index in [9.17, 15) is 9.18 Å². The molecule has 0 spiro atoms. The van der Waals surface area contributed by atoms with E-state index in [-0.39, 0.29) is 24.4 Å². The Kier molecular flexibility index (Phi) is 3.81. The van der Waals surface area contributed by atoms with Crippen molar-refractivity contribution in [3.05, 3.63) is 66.1 Å². The molecule has 0 aliphatic carbocycles. The van der Waals surface area contributed by atoms with Gasteiger partial charge in [0.2, 0.25) is 5.96 Å². The van der Waals surface area contributed by atoms with Gasteiger partial charge in [0.05, 0.1) is 11.7 Å². The number of ether oxygens (including phenoxy) is 1. The van der Waals surface area contributed by atoms with Gasteiger partial charge in [-0.25, -0.2) is 9.38 Å². The number of fused-ring (bicyclic) bond motifs is 1. The van der Waals surface area contributed by atoms with Crippen LogP contribution < -0.4 is 20.7 Å². The number of anilines is 2. The van der Waals surface area contributed by atoms with Crippen molar-refractivity contribution in [2.45, 2.75) is 6.04 Å². The van der Waals surface area contributed by atoms with Crippen LogP contribution in [0.4, 0.5) is 15.8 Å². The van der Waals surface area contributed by atoms with Crippen LogP contribution in [-0.2, 0) is 4.79 Å². The molecule has 2 aliphatic rings. The van der Waals surface area contributed by atoms with Gasteiger partial charge in [-0.3, -0.25) is 4.79 Å². The summed E-state index contributed by atoms with van der Waals surface area (Å²) in [6.45, 7) is 0.0312. The predicted octanol–water partition coefficient (Wildman–Crippen LogP) is 2.78. The van der Waals surface area contributed by atoms with E-state index < -0.39 is 0 Å². The van der Waals surface area contributed by atoms with Crippen LogP contribution in [0, 0.1) is 5.82 Å². The molecule has 2 heterocycles. The molecule has 0 bridgehead atoms. The minimum Gasteiger partial charge on any atom is -0.482 e. The van der Waals surface area contributed by atoms with Gasteiger partial charge in [-0.15, -0.1) is 0 Å². The molecule has 2 aromatic carbocycles. The van der Waals surface area contributed by atoms with Crippen LogP contribution in [-0.4, -0.2) is 18.5 Å². The molecule has 4 rings (SSSR count). The highest BCUT2D eigenvalue weighted by Gasteiger charge is 2.19. The molecule has 25 heavy (non-hydrogen) atoms. The fourth-order valence-electron chi connectivity index (χ4n) is 2.65. The van der Waals surface area contributed by atoms with Gasteiger partial charge in [0, 0.05) is 11.9 Å². The zero-order valence-electron chi connectivity index (χ0n) is 13.1. The smallest absolute Gasteiger partial charge is 0.262 e. The molecule has 0 aromatic heterocycles. The fourth-order valence-corrected chi connectivity index (χ4v) is 2.65. The molecule has 0 saturated carbocycles. The highest BCUT2D eigenvalue weighted by Crippen LogP contribution is 2.32. The van der Waals surface area contributed by atoms with E-state index in [0.29, 0.717) is 17.4 Å². The van der Waals surface area contributed by atoms with Crippen LogP contribution in [0.25, 0.3) is 0 Å². The number of benzene rings is 2. The Bertz CT molecular complexity index is 877. The molecule has 2 aromatic rings. The average Bonchev–Trinajstić information content (AvgIpc) is 2.63. The number of nitrogens with one attached hydrogen (secondary N) is 3. The third-order valence-electron chi connectivity index (χ3n) is 3.85. The molecule has 1 atom stereocenters. The van der Waals surface area contributed by atoms with Gasteiger partial charge in [0.25, 0.3) is 5.91 Å². The van der Waals surface area contributed by atoms with Gasteiger partial charge in [-0.05, 0) is 48.0 Å². The van der Waals surface area contributed by atoms with Gasteiger partial charge < -0.3 is 20.7 Å². The molecule has 2 aliphatic heterocycles. The zero-order chi connectivity index (χ0) is 17.2. The van der Waals surface area contributed by atoms with Crippen molar-refractivity contribution in [1.29, 1.82) is 0 Å². The lowest BCUT2D eigenvalue weighted by molar-refractivity contribution is -0.118. The van der Waals surface area contributed by atoms with Gasteiger partial charge in [-0.1, -0.05) is 6.07 Å². The van der Waals surface area contributed by atoms with E-state index in [1.54, 1.807) is 18.3 Å². The quantitative estimate of drug-likeness (QED) is 0.787. The highest BCUT2D eigenvalue weighted by molar-refractivity contribution is 5.96. The molecule has 0 saturated heterocycles. The average molecular weight is 338 g/mol. The summed E-state index contributed by atoms with van der Waals surface area (Å²) in [5, 5.41) is 8.92. The number of carbonyl (C=O) groups is 1. The molecule has 1 unspecified atom stereocenters.